The van der Waals surface area contributed by atoms with Crippen molar-refractivity contribution in [2.24, 2.45) is 5.41 Å². The van der Waals surface area contributed by atoms with Crippen LogP contribution in [0, 0.1) is 15.5 Å². The molecule has 1 rings (SSSR count). The lowest BCUT2D eigenvalue weighted by atomic mass is 9.90. The van der Waals surface area contributed by atoms with Crippen molar-refractivity contribution < 1.29 is 9.72 Å². The molecule has 0 aliphatic heterocycles. The van der Waals surface area contributed by atoms with Gasteiger partial charge in [0.15, 0.2) is 5.69 Å². The highest BCUT2D eigenvalue weighted by Gasteiger charge is 2.19. The van der Waals surface area contributed by atoms with E-state index < -0.39 is 4.92 Å². The summed E-state index contributed by atoms with van der Waals surface area (Å²) in [5, 5.41) is 13.2. The predicted octanol–water partition coefficient (Wildman–Crippen LogP) is 2.85. The predicted molar refractivity (Wildman–Crippen MR) is 76.6 cm³/mol. The zero-order valence-corrected chi connectivity index (χ0v) is 12.8. The second-order valence-corrected chi connectivity index (χ2v) is 6.88. The van der Waals surface area contributed by atoms with Gasteiger partial charge in [0, 0.05) is 17.4 Å². The smallest absolute Gasteiger partial charge is 0.321 e. The van der Waals surface area contributed by atoms with Crippen LogP contribution in [0.3, 0.4) is 0 Å². The quantitative estimate of drug-likeness (QED) is 0.494. The summed E-state index contributed by atoms with van der Waals surface area (Å²) in [5.74, 6) is -0.526. The Bertz CT molecular complexity index is 465. The number of halogens is 1. The molecule has 1 aromatic rings. The maximum absolute atomic E-state index is 11.8. The second kappa shape index (κ2) is 6.18. The van der Waals surface area contributed by atoms with Gasteiger partial charge in [-0.3, -0.25) is 4.79 Å². The number of nitrogens with one attached hydrogen (secondary N) is 2. The molecular formula is C12H18BrN3O3. The minimum absolute atomic E-state index is 0.168. The monoisotopic (exact) mass is 331 g/mol. The number of aromatic amines is 1. The van der Waals surface area contributed by atoms with Crippen LogP contribution in [0.2, 0.25) is 0 Å². The fourth-order valence-electron chi connectivity index (χ4n) is 1.66. The maximum Gasteiger partial charge on any atom is 0.321 e. The minimum atomic E-state index is -0.566. The van der Waals surface area contributed by atoms with Gasteiger partial charge in [-0.15, -0.1) is 0 Å². The molecule has 1 atom stereocenters. The number of hydrogen-bond acceptors (Lipinski definition) is 3. The summed E-state index contributed by atoms with van der Waals surface area (Å²) in [5.41, 5.74) is 0.367. The maximum atomic E-state index is 11.8. The van der Waals surface area contributed by atoms with E-state index in [2.05, 4.69) is 47.0 Å². The lowest BCUT2D eigenvalue weighted by Gasteiger charge is -2.22. The molecule has 1 amide bonds. The lowest BCUT2D eigenvalue weighted by Crippen LogP contribution is -2.31. The van der Waals surface area contributed by atoms with E-state index in [1.54, 1.807) is 0 Å². The molecule has 6 nitrogen and oxygen atoms in total. The fraction of sp³-hybridized carbons (Fsp3) is 0.583. The van der Waals surface area contributed by atoms with Gasteiger partial charge in [-0.05, 0) is 22.8 Å². The van der Waals surface area contributed by atoms with Crippen molar-refractivity contribution in [1.29, 1.82) is 0 Å². The summed E-state index contributed by atoms with van der Waals surface area (Å²) >= 11 is 3.51. The average Bonchev–Trinajstić information content (AvgIpc) is 2.72. The highest BCUT2D eigenvalue weighted by molar-refractivity contribution is 9.09. The first-order valence-corrected chi connectivity index (χ1v) is 6.86. The highest BCUT2D eigenvalue weighted by atomic mass is 79.9. The molecule has 7 heteroatoms. The zero-order chi connectivity index (χ0) is 14.6. The first-order chi connectivity index (χ1) is 8.69. The van der Waals surface area contributed by atoms with Crippen LogP contribution in [0.5, 0.6) is 0 Å². The van der Waals surface area contributed by atoms with Gasteiger partial charge in [-0.1, -0.05) is 36.7 Å². The first-order valence-electron chi connectivity index (χ1n) is 5.95. The van der Waals surface area contributed by atoms with Crippen molar-refractivity contribution in [3.8, 4) is 0 Å². The van der Waals surface area contributed by atoms with Gasteiger partial charge < -0.3 is 15.4 Å². The second-order valence-electron chi connectivity index (χ2n) is 5.59. The van der Waals surface area contributed by atoms with Gasteiger partial charge in [-0.25, -0.2) is 4.98 Å². The Balaban J connectivity index is 2.49. The van der Waals surface area contributed by atoms with Crippen molar-refractivity contribution in [3.63, 3.8) is 0 Å². The summed E-state index contributed by atoms with van der Waals surface area (Å²) in [6.07, 6.45) is 0.915. The van der Waals surface area contributed by atoms with Gasteiger partial charge in [0.2, 0.25) is 0 Å². The van der Waals surface area contributed by atoms with Crippen molar-refractivity contribution in [2.75, 3.05) is 6.54 Å². The number of carbonyl (C=O) groups is 1. The van der Waals surface area contributed by atoms with Crippen molar-refractivity contribution in [2.45, 2.75) is 32.0 Å². The average molecular weight is 332 g/mol. The first kappa shape index (κ1) is 15.7. The van der Waals surface area contributed by atoms with Gasteiger partial charge in [0.05, 0.1) is 0 Å². The number of H-pyrrole nitrogens is 1. The number of aromatic nitrogens is 1. The third-order valence-electron chi connectivity index (χ3n) is 2.43. The van der Waals surface area contributed by atoms with Gasteiger partial charge >= 0.3 is 5.82 Å². The van der Waals surface area contributed by atoms with Crippen molar-refractivity contribution in [1.82, 2.24) is 10.3 Å². The molecule has 0 radical (unpaired) electrons. The van der Waals surface area contributed by atoms with E-state index in [1.165, 1.54) is 12.1 Å². The van der Waals surface area contributed by atoms with Gasteiger partial charge in [0.25, 0.3) is 5.91 Å². The molecular weight excluding hydrogens is 314 g/mol. The van der Waals surface area contributed by atoms with Crippen LogP contribution in [0.1, 0.15) is 37.7 Å². The Labute approximate surface area is 120 Å². The Kier molecular flexibility index (Phi) is 5.11. The van der Waals surface area contributed by atoms with Crippen molar-refractivity contribution in [3.05, 3.63) is 27.9 Å². The Morgan fingerprint density at radius 3 is 2.63 bits per heavy atom. The number of rotatable bonds is 5. The molecule has 2 N–H and O–H groups in total. The minimum Gasteiger partial charge on any atom is -0.358 e. The van der Waals surface area contributed by atoms with Crippen molar-refractivity contribution >= 4 is 27.7 Å². The molecule has 0 fully saturated rings. The Morgan fingerprint density at radius 2 is 2.16 bits per heavy atom. The van der Waals surface area contributed by atoms with E-state index in [4.69, 9.17) is 0 Å². The molecule has 0 saturated carbocycles. The SMILES string of the molecule is CC(C)(C)CC(Br)CNC(=O)c1ccc([N+](=O)[O-])[nH]1. The van der Waals surface area contributed by atoms with E-state index in [9.17, 15) is 14.9 Å². The Hall–Kier alpha value is -1.37. The largest absolute Gasteiger partial charge is 0.358 e. The standard InChI is InChI=1S/C12H18BrN3O3/c1-12(2,3)6-8(13)7-14-11(17)9-4-5-10(15-9)16(18)19/h4-5,8,15H,6-7H2,1-3H3,(H,14,17). The molecule has 0 spiro atoms. The molecule has 0 aliphatic rings. The third-order valence-corrected chi connectivity index (χ3v) is 3.08. The van der Waals surface area contributed by atoms with Crippen LogP contribution < -0.4 is 5.32 Å². The molecule has 19 heavy (non-hydrogen) atoms. The lowest BCUT2D eigenvalue weighted by molar-refractivity contribution is -0.389. The molecule has 0 saturated heterocycles. The number of hydrogen-bond donors (Lipinski definition) is 2. The van der Waals surface area contributed by atoms with Crippen LogP contribution in [0.25, 0.3) is 0 Å². The van der Waals surface area contributed by atoms with E-state index in [0.29, 0.717) is 6.54 Å². The van der Waals surface area contributed by atoms with E-state index in [1.807, 2.05) is 0 Å². The van der Waals surface area contributed by atoms with Crippen LogP contribution >= 0.6 is 15.9 Å². The van der Waals surface area contributed by atoms with Gasteiger partial charge in [0.1, 0.15) is 0 Å². The zero-order valence-electron chi connectivity index (χ0n) is 11.2. The number of amides is 1. The summed E-state index contributed by atoms with van der Waals surface area (Å²) in [6.45, 7) is 6.84. The van der Waals surface area contributed by atoms with Crippen LogP contribution in [0.15, 0.2) is 12.1 Å². The Morgan fingerprint density at radius 1 is 1.53 bits per heavy atom. The number of carbonyl (C=O) groups excluding carboxylic acids is 1. The summed E-state index contributed by atoms with van der Waals surface area (Å²) in [6, 6.07) is 2.68. The molecule has 1 heterocycles. The molecule has 0 aliphatic carbocycles. The summed E-state index contributed by atoms with van der Waals surface area (Å²) in [7, 11) is 0. The van der Waals surface area contributed by atoms with E-state index >= 15 is 0 Å². The molecule has 1 aromatic heterocycles. The van der Waals surface area contributed by atoms with E-state index in [-0.39, 0.29) is 27.7 Å². The molecule has 1 unspecified atom stereocenters. The number of nitro groups is 1. The number of alkyl halides is 1. The fourth-order valence-corrected chi connectivity index (χ4v) is 2.79. The highest BCUT2D eigenvalue weighted by Crippen LogP contribution is 2.24. The summed E-state index contributed by atoms with van der Waals surface area (Å²) in [4.78, 5) is 24.3. The third kappa shape index (κ3) is 5.42. The van der Waals surface area contributed by atoms with Gasteiger partial charge in [-0.2, -0.15) is 0 Å². The molecule has 0 bridgehead atoms. The summed E-state index contributed by atoms with van der Waals surface area (Å²) < 4.78 is 0. The van der Waals surface area contributed by atoms with Crippen LogP contribution in [0.4, 0.5) is 5.82 Å². The number of nitrogens with zero attached hydrogens (tertiary/aromatic N) is 1. The normalized spacial score (nSPS) is 13.1. The van der Waals surface area contributed by atoms with E-state index in [0.717, 1.165) is 6.42 Å². The van der Waals surface area contributed by atoms with Crippen LogP contribution in [-0.4, -0.2) is 27.2 Å². The molecule has 0 aromatic carbocycles. The molecule has 106 valence electrons. The van der Waals surface area contributed by atoms with Crippen LogP contribution in [-0.2, 0) is 0 Å². The topological polar surface area (TPSA) is 88.0 Å².